The normalized spacial score (nSPS) is 26.0. The molecule has 0 spiro atoms. The molecule has 0 aromatic carbocycles. The lowest BCUT2D eigenvalue weighted by Gasteiger charge is -2.29. The van der Waals surface area contributed by atoms with Crippen molar-refractivity contribution in [1.82, 2.24) is 15.1 Å². The molecule has 2 aliphatic heterocycles. The number of carbonyl (C=O) groups excluding carboxylic acids is 2. The van der Waals surface area contributed by atoms with Crippen molar-refractivity contribution in [2.75, 3.05) is 40.3 Å². The Balaban J connectivity index is 0.00000200. The van der Waals surface area contributed by atoms with Gasteiger partial charge in [0.25, 0.3) is 0 Å². The van der Waals surface area contributed by atoms with E-state index in [9.17, 15) is 9.59 Å². The van der Waals surface area contributed by atoms with Crippen LogP contribution >= 0.6 is 12.4 Å². The maximum Gasteiger partial charge on any atom is 0.244 e. The summed E-state index contributed by atoms with van der Waals surface area (Å²) in [5.41, 5.74) is 0. The maximum atomic E-state index is 12.3. The third kappa shape index (κ3) is 4.07. The number of rotatable bonds is 3. The second kappa shape index (κ2) is 7.81. The first-order chi connectivity index (χ1) is 9.09. The monoisotopic (exact) mass is 305 g/mol. The molecule has 6 nitrogen and oxygen atoms in total. The Kier molecular flexibility index (Phi) is 6.71. The number of nitrogens with one attached hydrogen (secondary N) is 1. The van der Waals surface area contributed by atoms with Crippen molar-refractivity contribution in [2.24, 2.45) is 0 Å². The zero-order valence-electron chi connectivity index (χ0n) is 12.1. The lowest BCUT2D eigenvalue weighted by molar-refractivity contribution is -0.144. The minimum atomic E-state index is -0.279. The number of ether oxygens (including phenoxy) is 1. The van der Waals surface area contributed by atoms with Gasteiger partial charge in [-0.3, -0.25) is 9.59 Å². The topological polar surface area (TPSA) is 61.9 Å². The highest BCUT2D eigenvalue weighted by atomic mass is 35.5. The second-order valence-electron chi connectivity index (χ2n) is 5.38. The molecule has 20 heavy (non-hydrogen) atoms. The van der Waals surface area contributed by atoms with Gasteiger partial charge in [-0.2, -0.15) is 0 Å². The highest BCUT2D eigenvalue weighted by molar-refractivity contribution is 5.88. The van der Waals surface area contributed by atoms with Gasteiger partial charge < -0.3 is 19.9 Å². The number of amides is 2. The fraction of sp³-hybridized carbons (Fsp3) is 0.846. The van der Waals surface area contributed by atoms with E-state index < -0.39 is 0 Å². The van der Waals surface area contributed by atoms with E-state index >= 15 is 0 Å². The van der Waals surface area contributed by atoms with Crippen molar-refractivity contribution in [2.45, 2.75) is 31.4 Å². The van der Waals surface area contributed by atoms with Gasteiger partial charge in [0, 0.05) is 33.7 Å². The molecule has 2 fully saturated rings. The summed E-state index contributed by atoms with van der Waals surface area (Å²) in [7, 11) is 3.47. The van der Waals surface area contributed by atoms with Crippen molar-refractivity contribution in [3.63, 3.8) is 0 Å². The van der Waals surface area contributed by atoms with Crippen LogP contribution in [0.1, 0.15) is 19.3 Å². The van der Waals surface area contributed by atoms with Crippen molar-refractivity contribution in [1.29, 1.82) is 0 Å². The summed E-state index contributed by atoms with van der Waals surface area (Å²) in [5.74, 6) is 0.0555. The largest absolute Gasteiger partial charge is 0.375 e. The summed E-state index contributed by atoms with van der Waals surface area (Å²) < 4.78 is 5.55. The van der Waals surface area contributed by atoms with Crippen LogP contribution in [0.15, 0.2) is 0 Å². The third-order valence-electron chi connectivity index (χ3n) is 3.71. The Morgan fingerprint density at radius 1 is 1.40 bits per heavy atom. The zero-order chi connectivity index (χ0) is 13.8. The minimum absolute atomic E-state index is 0. The van der Waals surface area contributed by atoms with E-state index in [1.165, 1.54) is 0 Å². The van der Waals surface area contributed by atoms with Crippen LogP contribution in [0.3, 0.4) is 0 Å². The van der Waals surface area contributed by atoms with Gasteiger partial charge in [-0.15, -0.1) is 12.4 Å². The first kappa shape index (κ1) is 17.2. The molecule has 0 saturated carbocycles. The number of hydrogen-bond donors (Lipinski definition) is 1. The average molecular weight is 306 g/mol. The van der Waals surface area contributed by atoms with E-state index in [0.29, 0.717) is 26.1 Å². The predicted octanol–water partition coefficient (Wildman–Crippen LogP) is -0.134. The number of morpholine rings is 1. The molecule has 0 bridgehead atoms. The molecule has 0 radical (unpaired) electrons. The van der Waals surface area contributed by atoms with E-state index in [1.54, 1.807) is 23.9 Å². The Labute approximate surface area is 126 Å². The van der Waals surface area contributed by atoms with Gasteiger partial charge in [-0.05, 0) is 12.8 Å². The Morgan fingerprint density at radius 2 is 2.15 bits per heavy atom. The second-order valence-corrected chi connectivity index (χ2v) is 5.38. The molecule has 2 atom stereocenters. The fourth-order valence-electron chi connectivity index (χ4n) is 2.68. The highest BCUT2D eigenvalue weighted by Gasteiger charge is 2.35. The molecule has 2 saturated heterocycles. The summed E-state index contributed by atoms with van der Waals surface area (Å²) in [4.78, 5) is 27.6. The van der Waals surface area contributed by atoms with E-state index in [2.05, 4.69) is 5.32 Å². The summed E-state index contributed by atoms with van der Waals surface area (Å²) in [6, 6.07) is -0.279. The first-order valence-corrected chi connectivity index (χ1v) is 6.92. The standard InChI is InChI=1S/C13H23N3O3.ClH/c1-15(2)13(18)11-4-3-6-16(11)12(17)8-10-9-14-5-7-19-10;/h10-11,14H,3-9H2,1-2H3;1H. The van der Waals surface area contributed by atoms with Gasteiger partial charge in [0.05, 0.1) is 19.1 Å². The molecule has 0 aromatic rings. The Bertz CT molecular complexity index is 346. The van der Waals surface area contributed by atoms with Crippen molar-refractivity contribution >= 4 is 24.2 Å². The molecule has 7 heteroatoms. The van der Waals surface area contributed by atoms with Crippen LogP contribution in [0.5, 0.6) is 0 Å². The van der Waals surface area contributed by atoms with Crippen molar-refractivity contribution in [3.8, 4) is 0 Å². The summed E-state index contributed by atoms with van der Waals surface area (Å²) in [6.07, 6.45) is 1.98. The molecule has 2 rings (SSSR count). The Morgan fingerprint density at radius 3 is 2.75 bits per heavy atom. The molecule has 2 unspecified atom stereocenters. The van der Waals surface area contributed by atoms with Gasteiger partial charge in [0.1, 0.15) is 6.04 Å². The molecular weight excluding hydrogens is 282 g/mol. The van der Waals surface area contributed by atoms with Crippen LogP contribution in [0.25, 0.3) is 0 Å². The smallest absolute Gasteiger partial charge is 0.244 e. The first-order valence-electron chi connectivity index (χ1n) is 6.92. The number of likely N-dealkylation sites (N-methyl/N-ethyl adjacent to an activating group) is 1. The zero-order valence-corrected chi connectivity index (χ0v) is 12.9. The van der Waals surface area contributed by atoms with Gasteiger partial charge in [0.2, 0.25) is 11.8 Å². The van der Waals surface area contributed by atoms with Crippen LogP contribution in [-0.4, -0.2) is 74.1 Å². The van der Waals surface area contributed by atoms with Crippen LogP contribution in [-0.2, 0) is 14.3 Å². The van der Waals surface area contributed by atoms with Crippen LogP contribution in [0, 0.1) is 0 Å². The van der Waals surface area contributed by atoms with Crippen LogP contribution < -0.4 is 5.32 Å². The summed E-state index contributed by atoms with van der Waals surface area (Å²) in [6.45, 7) is 2.89. The molecule has 2 aliphatic rings. The molecule has 0 aliphatic carbocycles. The SMILES string of the molecule is CN(C)C(=O)C1CCCN1C(=O)CC1CNCCO1.Cl. The molecule has 116 valence electrons. The summed E-state index contributed by atoms with van der Waals surface area (Å²) >= 11 is 0. The predicted molar refractivity (Wildman–Crippen MR) is 77.9 cm³/mol. The number of hydrogen-bond acceptors (Lipinski definition) is 4. The molecule has 2 heterocycles. The van der Waals surface area contributed by atoms with Gasteiger partial charge in [0.15, 0.2) is 0 Å². The van der Waals surface area contributed by atoms with E-state index in [1.807, 2.05) is 0 Å². The van der Waals surface area contributed by atoms with Gasteiger partial charge >= 0.3 is 0 Å². The number of halogens is 1. The average Bonchev–Trinajstić information content (AvgIpc) is 2.88. The molecule has 2 amide bonds. The van der Waals surface area contributed by atoms with Crippen LogP contribution in [0.2, 0.25) is 0 Å². The molecule has 1 N–H and O–H groups in total. The fourth-order valence-corrected chi connectivity index (χ4v) is 2.68. The van der Waals surface area contributed by atoms with E-state index in [-0.39, 0.29) is 36.4 Å². The van der Waals surface area contributed by atoms with Crippen LogP contribution in [0.4, 0.5) is 0 Å². The summed E-state index contributed by atoms with van der Waals surface area (Å²) in [5, 5.41) is 3.21. The minimum Gasteiger partial charge on any atom is -0.375 e. The molecule has 0 aromatic heterocycles. The third-order valence-corrected chi connectivity index (χ3v) is 3.71. The maximum absolute atomic E-state index is 12.3. The van der Waals surface area contributed by atoms with Crippen molar-refractivity contribution < 1.29 is 14.3 Å². The van der Waals surface area contributed by atoms with E-state index in [0.717, 1.165) is 19.4 Å². The molecular formula is C13H24ClN3O3. The Hall–Kier alpha value is -0.850. The highest BCUT2D eigenvalue weighted by Crippen LogP contribution is 2.20. The van der Waals surface area contributed by atoms with E-state index in [4.69, 9.17) is 4.74 Å². The lowest BCUT2D eigenvalue weighted by atomic mass is 10.1. The van der Waals surface area contributed by atoms with Gasteiger partial charge in [-0.1, -0.05) is 0 Å². The number of carbonyl (C=O) groups is 2. The number of likely N-dealkylation sites (tertiary alicyclic amines) is 1. The van der Waals surface area contributed by atoms with Crippen molar-refractivity contribution in [3.05, 3.63) is 0 Å². The van der Waals surface area contributed by atoms with Gasteiger partial charge in [-0.25, -0.2) is 0 Å². The quantitative estimate of drug-likeness (QED) is 0.789. The lowest BCUT2D eigenvalue weighted by Crippen LogP contribution is -2.48. The number of nitrogens with zero attached hydrogens (tertiary/aromatic N) is 2.